The van der Waals surface area contributed by atoms with Gasteiger partial charge in [-0.1, -0.05) is 37.5 Å². The summed E-state index contributed by atoms with van der Waals surface area (Å²) in [5, 5.41) is 2.94. The average molecular weight is 337 g/mol. The van der Waals surface area contributed by atoms with E-state index in [-0.39, 0.29) is 11.9 Å². The lowest BCUT2D eigenvalue weighted by molar-refractivity contribution is -0.131. The molecule has 1 aliphatic carbocycles. The zero-order valence-corrected chi connectivity index (χ0v) is 14.5. The molecular formula is C21H23NO3. The molecule has 0 heterocycles. The van der Waals surface area contributed by atoms with Crippen molar-refractivity contribution >= 4 is 17.6 Å². The van der Waals surface area contributed by atoms with Crippen molar-refractivity contribution in [1.82, 2.24) is 0 Å². The van der Waals surface area contributed by atoms with Crippen molar-refractivity contribution in [3.05, 3.63) is 59.7 Å². The molecule has 130 valence electrons. The first-order chi connectivity index (χ1) is 12.1. The van der Waals surface area contributed by atoms with Crippen LogP contribution in [0.15, 0.2) is 48.5 Å². The number of esters is 1. The maximum atomic E-state index is 12.7. The van der Waals surface area contributed by atoms with Gasteiger partial charge in [0, 0.05) is 18.2 Å². The van der Waals surface area contributed by atoms with E-state index in [1.807, 2.05) is 18.2 Å². The van der Waals surface area contributed by atoms with Crippen molar-refractivity contribution < 1.29 is 14.3 Å². The fourth-order valence-corrected chi connectivity index (χ4v) is 3.44. The summed E-state index contributed by atoms with van der Waals surface area (Å²) >= 11 is 0. The second-order valence-corrected chi connectivity index (χ2v) is 6.49. The Hall–Kier alpha value is -2.62. The van der Waals surface area contributed by atoms with E-state index >= 15 is 0 Å². The largest absolute Gasteiger partial charge is 0.427 e. The molecule has 0 bridgehead atoms. The molecule has 3 rings (SSSR count). The van der Waals surface area contributed by atoms with Gasteiger partial charge in [-0.3, -0.25) is 9.59 Å². The van der Waals surface area contributed by atoms with Gasteiger partial charge in [0.05, 0.1) is 0 Å². The molecule has 4 nitrogen and oxygen atoms in total. The predicted molar refractivity (Wildman–Crippen MR) is 98.0 cm³/mol. The van der Waals surface area contributed by atoms with Gasteiger partial charge in [-0.2, -0.15) is 0 Å². The van der Waals surface area contributed by atoms with E-state index in [1.54, 1.807) is 24.3 Å². The lowest BCUT2D eigenvalue weighted by Gasteiger charge is -2.24. The highest BCUT2D eigenvalue weighted by Crippen LogP contribution is 2.34. The summed E-state index contributed by atoms with van der Waals surface area (Å²) in [7, 11) is 0. The molecule has 0 spiro atoms. The summed E-state index contributed by atoms with van der Waals surface area (Å²) in [6.45, 7) is 1.36. The maximum absolute atomic E-state index is 12.7. The number of anilines is 1. The highest BCUT2D eigenvalue weighted by Gasteiger charge is 2.21. The minimum absolute atomic E-state index is 0.0959. The molecule has 1 N–H and O–H groups in total. The Morgan fingerprint density at radius 1 is 0.960 bits per heavy atom. The first-order valence-electron chi connectivity index (χ1n) is 8.82. The summed E-state index contributed by atoms with van der Waals surface area (Å²) in [4.78, 5) is 23.7. The summed E-state index contributed by atoms with van der Waals surface area (Å²) in [5.74, 6) is 0.481. The molecule has 0 saturated heterocycles. The monoisotopic (exact) mass is 337 g/mol. The van der Waals surface area contributed by atoms with Gasteiger partial charge >= 0.3 is 5.97 Å². The van der Waals surface area contributed by atoms with Crippen molar-refractivity contribution in [1.29, 1.82) is 0 Å². The van der Waals surface area contributed by atoms with Crippen molar-refractivity contribution in [2.75, 3.05) is 5.32 Å². The van der Waals surface area contributed by atoms with Crippen LogP contribution in [0.3, 0.4) is 0 Å². The molecule has 1 fully saturated rings. The van der Waals surface area contributed by atoms with Crippen molar-refractivity contribution in [2.45, 2.75) is 44.9 Å². The van der Waals surface area contributed by atoms with Crippen LogP contribution in [-0.2, 0) is 4.79 Å². The number of ether oxygens (including phenoxy) is 1. The highest BCUT2D eigenvalue weighted by molar-refractivity contribution is 6.05. The third-order valence-electron chi connectivity index (χ3n) is 4.62. The van der Waals surface area contributed by atoms with E-state index < -0.39 is 0 Å². The average Bonchev–Trinajstić information content (AvgIpc) is 2.63. The Kier molecular flexibility index (Phi) is 5.49. The quantitative estimate of drug-likeness (QED) is 0.637. The van der Waals surface area contributed by atoms with Crippen molar-refractivity contribution in [3.8, 4) is 5.75 Å². The Labute approximate surface area is 148 Å². The van der Waals surface area contributed by atoms with Crippen LogP contribution in [0.5, 0.6) is 5.75 Å². The molecule has 0 aliphatic heterocycles. The topological polar surface area (TPSA) is 55.4 Å². The van der Waals surface area contributed by atoms with Crippen LogP contribution >= 0.6 is 0 Å². The summed E-state index contributed by atoms with van der Waals surface area (Å²) in [6, 6.07) is 14.7. The first-order valence-corrected chi connectivity index (χ1v) is 8.82. The van der Waals surface area contributed by atoms with Crippen LogP contribution in [0.2, 0.25) is 0 Å². The van der Waals surface area contributed by atoms with Crippen molar-refractivity contribution in [2.24, 2.45) is 0 Å². The molecule has 25 heavy (non-hydrogen) atoms. The van der Waals surface area contributed by atoms with Gasteiger partial charge < -0.3 is 10.1 Å². The van der Waals surface area contributed by atoms with Crippen LogP contribution < -0.4 is 10.1 Å². The molecule has 2 aromatic rings. The molecular weight excluding hydrogens is 314 g/mol. The van der Waals surface area contributed by atoms with E-state index in [4.69, 9.17) is 4.74 Å². The number of amides is 1. The van der Waals surface area contributed by atoms with Gasteiger partial charge in [-0.05, 0) is 54.7 Å². The number of carbonyl (C=O) groups is 2. The SMILES string of the molecule is CC(=O)Oc1ccc(NC(=O)c2ccccc2C2CCCCC2)cc1. The number of nitrogens with one attached hydrogen (secondary N) is 1. The van der Waals surface area contributed by atoms with Crippen LogP contribution in [0.25, 0.3) is 0 Å². The van der Waals surface area contributed by atoms with Gasteiger partial charge in [0.2, 0.25) is 0 Å². The van der Waals surface area contributed by atoms with E-state index in [2.05, 4.69) is 11.4 Å². The molecule has 1 aliphatic rings. The second-order valence-electron chi connectivity index (χ2n) is 6.49. The fraction of sp³-hybridized carbons (Fsp3) is 0.333. The molecule has 0 unspecified atom stereocenters. The normalized spacial score (nSPS) is 14.8. The molecule has 0 atom stereocenters. The molecule has 0 aromatic heterocycles. The zero-order valence-electron chi connectivity index (χ0n) is 14.5. The minimum atomic E-state index is -0.363. The highest BCUT2D eigenvalue weighted by atomic mass is 16.5. The molecule has 1 amide bonds. The fourth-order valence-electron chi connectivity index (χ4n) is 3.44. The molecule has 4 heteroatoms. The standard InChI is InChI=1S/C21H23NO3/c1-15(23)25-18-13-11-17(12-14-18)22-21(24)20-10-6-5-9-19(20)16-7-3-2-4-8-16/h5-6,9-14,16H,2-4,7-8H2,1H3,(H,22,24). The van der Waals surface area contributed by atoms with Crippen LogP contribution in [0.1, 0.15) is 60.9 Å². The van der Waals surface area contributed by atoms with Crippen LogP contribution in [-0.4, -0.2) is 11.9 Å². The van der Waals surface area contributed by atoms with E-state index in [1.165, 1.54) is 26.2 Å². The van der Waals surface area contributed by atoms with Gasteiger partial charge in [0.25, 0.3) is 5.91 Å². The van der Waals surface area contributed by atoms with E-state index in [9.17, 15) is 9.59 Å². The minimum Gasteiger partial charge on any atom is -0.427 e. The first kappa shape index (κ1) is 17.2. The molecule has 0 radical (unpaired) electrons. The third-order valence-corrected chi connectivity index (χ3v) is 4.62. The van der Waals surface area contributed by atoms with Gasteiger partial charge in [-0.15, -0.1) is 0 Å². The Bertz CT molecular complexity index is 746. The maximum Gasteiger partial charge on any atom is 0.308 e. The number of rotatable bonds is 4. The summed E-state index contributed by atoms with van der Waals surface area (Å²) in [6.07, 6.45) is 6.07. The van der Waals surface area contributed by atoms with Gasteiger partial charge in [-0.25, -0.2) is 0 Å². The van der Waals surface area contributed by atoms with Crippen molar-refractivity contribution in [3.63, 3.8) is 0 Å². The second kappa shape index (κ2) is 7.97. The Balaban J connectivity index is 1.74. The van der Waals surface area contributed by atoms with E-state index in [0.29, 0.717) is 17.4 Å². The van der Waals surface area contributed by atoms with Gasteiger partial charge in [0.15, 0.2) is 0 Å². The molecule has 2 aromatic carbocycles. The molecule has 1 saturated carbocycles. The number of hydrogen-bond acceptors (Lipinski definition) is 3. The number of carbonyl (C=O) groups excluding carboxylic acids is 2. The van der Waals surface area contributed by atoms with Crippen LogP contribution in [0.4, 0.5) is 5.69 Å². The van der Waals surface area contributed by atoms with Crippen LogP contribution in [0, 0.1) is 0 Å². The van der Waals surface area contributed by atoms with Gasteiger partial charge in [0.1, 0.15) is 5.75 Å². The summed E-state index contributed by atoms with van der Waals surface area (Å²) < 4.78 is 5.01. The predicted octanol–water partition coefficient (Wildman–Crippen LogP) is 4.91. The lowest BCUT2D eigenvalue weighted by Crippen LogP contribution is -2.17. The number of hydrogen-bond donors (Lipinski definition) is 1. The zero-order chi connectivity index (χ0) is 17.6. The summed E-state index contributed by atoms with van der Waals surface area (Å²) in [5.41, 5.74) is 2.58. The Morgan fingerprint density at radius 2 is 1.64 bits per heavy atom. The number of benzene rings is 2. The Morgan fingerprint density at radius 3 is 2.32 bits per heavy atom. The smallest absolute Gasteiger partial charge is 0.308 e. The van der Waals surface area contributed by atoms with E-state index in [0.717, 1.165) is 24.0 Å². The third kappa shape index (κ3) is 4.47. The lowest BCUT2D eigenvalue weighted by atomic mass is 9.82.